The molecule has 2 aliphatic rings. The lowest BCUT2D eigenvalue weighted by Gasteiger charge is -2.40. The van der Waals surface area contributed by atoms with Crippen molar-refractivity contribution in [3.8, 4) is 0 Å². The summed E-state index contributed by atoms with van der Waals surface area (Å²) in [5.74, 6) is -1.75. The van der Waals surface area contributed by atoms with E-state index < -0.39 is 48.6 Å². The molecule has 2 fully saturated rings. The molecule has 2 saturated heterocycles. The maximum Gasteiger partial charge on any atom is 0.303 e. The van der Waals surface area contributed by atoms with Gasteiger partial charge in [0.05, 0.1) is 0 Å². The molecule has 0 bridgehead atoms. The second kappa shape index (κ2) is 6.86. The van der Waals surface area contributed by atoms with E-state index in [1.165, 1.54) is 20.8 Å². The molecule has 5 atom stereocenters. The summed E-state index contributed by atoms with van der Waals surface area (Å²) in [6, 6.07) is 0. The summed E-state index contributed by atoms with van der Waals surface area (Å²) >= 11 is 0. The number of carbonyl (C=O) groups excluding carboxylic acids is 3. The van der Waals surface area contributed by atoms with Gasteiger partial charge in [0.1, 0.15) is 12.7 Å². The Morgan fingerprint density at radius 2 is 1.61 bits per heavy atom. The molecule has 9 heteroatoms. The Kier molecular flexibility index (Phi) is 5.09. The highest BCUT2D eigenvalue weighted by Crippen LogP contribution is 2.35. The minimum Gasteiger partial charge on any atom is -0.463 e. The van der Waals surface area contributed by atoms with E-state index >= 15 is 0 Å². The van der Waals surface area contributed by atoms with E-state index in [1.807, 2.05) is 0 Å². The van der Waals surface area contributed by atoms with Gasteiger partial charge in [-0.1, -0.05) is 0 Å². The number of hydrogen-bond acceptors (Lipinski definition) is 9. The second-order valence-electron chi connectivity index (χ2n) is 5.07. The molecular formula is C14H18O9. The summed E-state index contributed by atoms with van der Waals surface area (Å²) in [5.41, 5.74) is 0. The maximum atomic E-state index is 11.4. The van der Waals surface area contributed by atoms with E-state index in [0.29, 0.717) is 0 Å². The van der Waals surface area contributed by atoms with Crippen LogP contribution in [0.15, 0.2) is 12.5 Å². The number of hydrogen-bond donors (Lipinski definition) is 0. The van der Waals surface area contributed by atoms with Crippen LogP contribution in [0.25, 0.3) is 0 Å². The van der Waals surface area contributed by atoms with Crippen LogP contribution >= 0.6 is 0 Å². The standard InChI is InChI=1S/C14H18O9/c1-6(15)18-5-10-11(19-7(2)16)12(20-8(3)17)13-14(23-10)22-9(4)21-13/h10-14H,4-5H2,1-3H3/t10-,11+,12+,13-,14+/m1/s1. The third-order valence-electron chi connectivity index (χ3n) is 3.16. The first-order chi connectivity index (χ1) is 10.8. The predicted octanol–water partition coefficient (Wildman–Crippen LogP) is 0.0244. The third-order valence-corrected chi connectivity index (χ3v) is 3.16. The molecule has 0 aliphatic carbocycles. The van der Waals surface area contributed by atoms with E-state index in [9.17, 15) is 14.4 Å². The average Bonchev–Trinajstić information content (AvgIpc) is 2.78. The van der Waals surface area contributed by atoms with Gasteiger partial charge in [-0.2, -0.15) is 0 Å². The molecule has 0 spiro atoms. The molecule has 0 N–H and O–H groups in total. The van der Waals surface area contributed by atoms with Crippen molar-refractivity contribution in [2.75, 3.05) is 6.61 Å². The molecule has 2 heterocycles. The van der Waals surface area contributed by atoms with Gasteiger partial charge in [-0.3, -0.25) is 14.4 Å². The zero-order valence-electron chi connectivity index (χ0n) is 13.0. The van der Waals surface area contributed by atoms with Crippen molar-refractivity contribution in [1.29, 1.82) is 0 Å². The average molecular weight is 330 g/mol. The normalized spacial score (nSPS) is 32.1. The zero-order chi connectivity index (χ0) is 17.1. The summed E-state index contributed by atoms with van der Waals surface area (Å²) in [7, 11) is 0. The van der Waals surface area contributed by atoms with Crippen molar-refractivity contribution in [3.63, 3.8) is 0 Å². The Morgan fingerprint density at radius 1 is 1.00 bits per heavy atom. The number of esters is 3. The molecule has 0 radical (unpaired) electrons. The molecule has 2 rings (SSSR count). The summed E-state index contributed by atoms with van der Waals surface area (Å²) < 4.78 is 31.5. The van der Waals surface area contributed by atoms with Crippen LogP contribution in [-0.4, -0.2) is 55.2 Å². The van der Waals surface area contributed by atoms with Crippen molar-refractivity contribution >= 4 is 17.9 Å². The monoisotopic (exact) mass is 330 g/mol. The Labute approximate surface area is 132 Å². The number of carbonyl (C=O) groups is 3. The minimum atomic E-state index is -1.02. The van der Waals surface area contributed by atoms with Crippen molar-refractivity contribution in [2.45, 2.75) is 51.5 Å². The molecule has 2 aliphatic heterocycles. The topological polar surface area (TPSA) is 107 Å². The lowest BCUT2D eigenvalue weighted by Crippen LogP contribution is -2.60. The van der Waals surface area contributed by atoms with Crippen LogP contribution in [0.2, 0.25) is 0 Å². The fourth-order valence-corrected chi connectivity index (χ4v) is 2.40. The summed E-state index contributed by atoms with van der Waals surface area (Å²) in [6.07, 6.45) is -4.66. The van der Waals surface area contributed by atoms with Gasteiger partial charge >= 0.3 is 17.9 Å². The van der Waals surface area contributed by atoms with E-state index in [1.54, 1.807) is 0 Å². The van der Waals surface area contributed by atoms with Crippen LogP contribution in [-0.2, 0) is 42.8 Å². The van der Waals surface area contributed by atoms with Crippen molar-refractivity contribution < 1.29 is 42.8 Å². The highest BCUT2D eigenvalue weighted by atomic mass is 16.8. The van der Waals surface area contributed by atoms with Crippen molar-refractivity contribution in [1.82, 2.24) is 0 Å². The SMILES string of the molecule is C=C1O[C@H]2O[C@H](COC(C)=O)[C@H](OC(C)=O)[C@H](OC(C)=O)[C@H]2O1. The highest BCUT2D eigenvalue weighted by molar-refractivity contribution is 5.67. The van der Waals surface area contributed by atoms with Crippen LogP contribution in [0, 0.1) is 0 Å². The van der Waals surface area contributed by atoms with E-state index in [0.717, 1.165) is 0 Å². The second-order valence-corrected chi connectivity index (χ2v) is 5.07. The number of ether oxygens (including phenoxy) is 6. The fourth-order valence-electron chi connectivity index (χ4n) is 2.40. The van der Waals surface area contributed by atoms with Crippen LogP contribution in [0.4, 0.5) is 0 Å². The molecule has 23 heavy (non-hydrogen) atoms. The first-order valence-electron chi connectivity index (χ1n) is 6.93. The van der Waals surface area contributed by atoms with Gasteiger partial charge in [0.2, 0.25) is 12.4 Å². The van der Waals surface area contributed by atoms with Gasteiger partial charge in [0, 0.05) is 20.8 Å². The van der Waals surface area contributed by atoms with Crippen molar-refractivity contribution in [3.05, 3.63) is 12.5 Å². The highest BCUT2D eigenvalue weighted by Gasteiger charge is 2.55. The predicted molar refractivity (Wildman–Crippen MR) is 71.5 cm³/mol. The minimum absolute atomic E-state index is 0.00753. The first kappa shape index (κ1) is 17.1. The zero-order valence-corrected chi connectivity index (χ0v) is 13.0. The van der Waals surface area contributed by atoms with Gasteiger partial charge in [0.25, 0.3) is 5.95 Å². The van der Waals surface area contributed by atoms with Crippen LogP contribution in [0.1, 0.15) is 20.8 Å². The lowest BCUT2D eigenvalue weighted by atomic mass is 9.98. The van der Waals surface area contributed by atoms with E-state index in [-0.39, 0.29) is 12.6 Å². The Bertz CT molecular complexity index is 514. The Hall–Kier alpha value is -2.29. The molecule has 9 nitrogen and oxygen atoms in total. The number of fused-ring (bicyclic) bond motifs is 1. The summed E-state index contributed by atoms with van der Waals surface area (Å²) in [4.78, 5) is 33.8. The maximum absolute atomic E-state index is 11.4. The Morgan fingerprint density at radius 3 is 2.17 bits per heavy atom. The van der Waals surface area contributed by atoms with Gasteiger partial charge in [-0.05, 0) is 6.58 Å². The van der Waals surface area contributed by atoms with E-state index in [2.05, 4.69) is 6.58 Å². The quantitative estimate of drug-likeness (QED) is 0.521. The van der Waals surface area contributed by atoms with Gasteiger partial charge in [-0.15, -0.1) is 0 Å². The molecule has 0 aromatic carbocycles. The van der Waals surface area contributed by atoms with E-state index in [4.69, 9.17) is 28.4 Å². The first-order valence-corrected chi connectivity index (χ1v) is 6.93. The molecule has 0 aromatic heterocycles. The van der Waals surface area contributed by atoms with Crippen LogP contribution < -0.4 is 0 Å². The third kappa shape index (κ3) is 4.13. The summed E-state index contributed by atoms with van der Waals surface area (Å²) in [5, 5.41) is 0. The molecule has 0 unspecified atom stereocenters. The number of rotatable bonds is 4. The fraction of sp³-hybridized carbons (Fsp3) is 0.643. The summed E-state index contributed by atoms with van der Waals surface area (Å²) in [6.45, 7) is 6.95. The van der Waals surface area contributed by atoms with Crippen LogP contribution in [0.3, 0.4) is 0 Å². The molecular weight excluding hydrogens is 312 g/mol. The van der Waals surface area contributed by atoms with Gasteiger partial charge in [-0.25, -0.2) is 0 Å². The molecule has 0 aromatic rings. The molecule has 0 saturated carbocycles. The largest absolute Gasteiger partial charge is 0.463 e. The van der Waals surface area contributed by atoms with Gasteiger partial charge in [0.15, 0.2) is 12.2 Å². The van der Waals surface area contributed by atoms with Crippen molar-refractivity contribution in [2.24, 2.45) is 0 Å². The molecule has 128 valence electrons. The van der Waals surface area contributed by atoms with Gasteiger partial charge < -0.3 is 28.4 Å². The smallest absolute Gasteiger partial charge is 0.303 e. The molecule has 0 amide bonds. The Balaban J connectivity index is 2.25. The van der Waals surface area contributed by atoms with Crippen LogP contribution in [0.5, 0.6) is 0 Å². The lowest BCUT2D eigenvalue weighted by molar-refractivity contribution is -0.262.